The molecule has 2 heterocycles. The normalized spacial score (nSPS) is 25.9. The molecule has 0 radical (unpaired) electrons. The quantitative estimate of drug-likeness (QED) is 0.709. The summed E-state index contributed by atoms with van der Waals surface area (Å²) in [5, 5.41) is 0. The SMILES string of the molecule is CC1CN(c2cc(N)nc(N)n2)CC1C. The van der Waals surface area contributed by atoms with E-state index >= 15 is 0 Å². The van der Waals surface area contributed by atoms with Crippen LogP contribution in [0.3, 0.4) is 0 Å². The Morgan fingerprint density at radius 2 is 1.80 bits per heavy atom. The van der Waals surface area contributed by atoms with Crippen molar-refractivity contribution in [3.05, 3.63) is 6.07 Å². The number of nitrogens with zero attached hydrogens (tertiary/aromatic N) is 3. The van der Waals surface area contributed by atoms with Crippen molar-refractivity contribution in [1.82, 2.24) is 9.97 Å². The number of anilines is 3. The Kier molecular flexibility index (Phi) is 2.38. The summed E-state index contributed by atoms with van der Waals surface area (Å²) in [4.78, 5) is 10.3. The lowest BCUT2D eigenvalue weighted by atomic mass is 10.0. The molecular formula is C10H17N5. The zero-order valence-electron chi connectivity index (χ0n) is 9.14. The summed E-state index contributed by atoms with van der Waals surface area (Å²) in [5.41, 5.74) is 11.2. The molecule has 2 atom stereocenters. The van der Waals surface area contributed by atoms with E-state index in [9.17, 15) is 0 Å². The first-order chi connectivity index (χ1) is 7.06. The zero-order chi connectivity index (χ0) is 11.0. The van der Waals surface area contributed by atoms with Crippen molar-refractivity contribution in [3.8, 4) is 0 Å². The number of hydrogen-bond donors (Lipinski definition) is 2. The van der Waals surface area contributed by atoms with Crippen LogP contribution in [0.1, 0.15) is 13.8 Å². The van der Waals surface area contributed by atoms with Gasteiger partial charge in [0, 0.05) is 19.2 Å². The molecule has 1 aliphatic rings. The monoisotopic (exact) mass is 207 g/mol. The van der Waals surface area contributed by atoms with E-state index < -0.39 is 0 Å². The first-order valence-electron chi connectivity index (χ1n) is 5.21. The van der Waals surface area contributed by atoms with Crippen molar-refractivity contribution >= 4 is 17.6 Å². The van der Waals surface area contributed by atoms with Gasteiger partial charge in [-0.3, -0.25) is 0 Å². The fraction of sp³-hybridized carbons (Fsp3) is 0.600. The van der Waals surface area contributed by atoms with Crippen LogP contribution in [0, 0.1) is 11.8 Å². The van der Waals surface area contributed by atoms with Gasteiger partial charge in [-0.2, -0.15) is 9.97 Å². The molecule has 1 saturated heterocycles. The Morgan fingerprint density at radius 3 is 2.33 bits per heavy atom. The number of rotatable bonds is 1. The largest absolute Gasteiger partial charge is 0.383 e. The van der Waals surface area contributed by atoms with Gasteiger partial charge in [0.05, 0.1) is 0 Å². The molecule has 0 spiro atoms. The molecule has 5 heteroatoms. The van der Waals surface area contributed by atoms with Gasteiger partial charge in [0.15, 0.2) is 0 Å². The van der Waals surface area contributed by atoms with Crippen LogP contribution in [0.2, 0.25) is 0 Å². The highest BCUT2D eigenvalue weighted by Crippen LogP contribution is 2.27. The number of hydrogen-bond acceptors (Lipinski definition) is 5. The molecule has 0 aliphatic carbocycles. The topological polar surface area (TPSA) is 81.1 Å². The van der Waals surface area contributed by atoms with Crippen molar-refractivity contribution in [2.75, 3.05) is 29.5 Å². The summed E-state index contributed by atoms with van der Waals surface area (Å²) < 4.78 is 0. The van der Waals surface area contributed by atoms with E-state index in [0.717, 1.165) is 18.9 Å². The summed E-state index contributed by atoms with van der Waals surface area (Å²) in [6.45, 7) is 6.52. The van der Waals surface area contributed by atoms with Crippen molar-refractivity contribution in [2.24, 2.45) is 11.8 Å². The molecule has 1 fully saturated rings. The molecule has 15 heavy (non-hydrogen) atoms. The molecule has 0 saturated carbocycles. The lowest BCUT2D eigenvalue weighted by Crippen LogP contribution is -2.21. The smallest absolute Gasteiger partial charge is 0.223 e. The Bertz CT molecular complexity index is 335. The van der Waals surface area contributed by atoms with E-state index in [1.165, 1.54) is 0 Å². The molecule has 2 unspecified atom stereocenters. The maximum Gasteiger partial charge on any atom is 0.223 e. The summed E-state index contributed by atoms with van der Waals surface area (Å²) >= 11 is 0. The highest BCUT2D eigenvalue weighted by molar-refractivity contribution is 5.51. The molecule has 2 rings (SSSR count). The molecular weight excluding hydrogens is 190 g/mol. The minimum Gasteiger partial charge on any atom is -0.383 e. The fourth-order valence-corrected chi connectivity index (χ4v) is 1.95. The number of nitrogens with two attached hydrogens (primary N) is 2. The summed E-state index contributed by atoms with van der Waals surface area (Å²) in [6, 6.07) is 1.78. The fourth-order valence-electron chi connectivity index (χ4n) is 1.95. The third-order valence-electron chi connectivity index (χ3n) is 3.06. The second-order valence-corrected chi connectivity index (χ2v) is 4.37. The molecule has 1 aromatic heterocycles. The standard InChI is InChI=1S/C10H17N5/c1-6-4-15(5-7(6)2)9-3-8(11)13-10(12)14-9/h3,6-7H,4-5H2,1-2H3,(H4,11,12,13,14). The molecule has 0 amide bonds. The predicted molar refractivity (Wildman–Crippen MR) is 61.4 cm³/mol. The third-order valence-corrected chi connectivity index (χ3v) is 3.06. The van der Waals surface area contributed by atoms with Crippen LogP contribution in [0.15, 0.2) is 6.07 Å². The van der Waals surface area contributed by atoms with E-state index in [0.29, 0.717) is 17.7 Å². The Labute approximate surface area is 89.5 Å². The van der Waals surface area contributed by atoms with E-state index in [2.05, 4.69) is 28.7 Å². The molecule has 1 aliphatic heterocycles. The van der Waals surface area contributed by atoms with Gasteiger partial charge in [-0.05, 0) is 11.8 Å². The van der Waals surface area contributed by atoms with Crippen LogP contribution in [-0.2, 0) is 0 Å². The van der Waals surface area contributed by atoms with Crippen molar-refractivity contribution in [3.63, 3.8) is 0 Å². The highest BCUT2D eigenvalue weighted by Gasteiger charge is 2.27. The zero-order valence-corrected chi connectivity index (χ0v) is 9.14. The lowest BCUT2D eigenvalue weighted by Gasteiger charge is -2.17. The lowest BCUT2D eigenvalue weighted by molar-refractivity contribution is 0.494. The van der Waals surface area contributed by atoms with Crippen LogP contribution in [0.25, 0.3) is 0 Å². The van der Waals surface area contributed by atoms with Gasteiger partial charge in [-0.1, -0.05) is 13.8 Å². The molecule has 5 nitrogen and oxygen atoms in total. The first kappa shape index (κ1) is 10.0. The van der Waals surface area contributed by atoms with Gasteiger partial charge in [0.2, 0.25) is 5.95 Å². The van der Waals surface area contributed by atoms with Crippen LogP contribution in [-0.4, -0.2) is 23.1 Å². The highest BCUT2D eigenvalue weighted by atomic mass is 15.2. The van der Waals surface area contributed by atoms with Crippen molar-refractivity contribution in [2.45, 2.75) is 13.8 Å². The van der Waals surface area contributed by atoms with E-state index in [1.807, 2.05) is 0 Å². The Hall–Kier alpha value is -1.52. The maximum atomic E-state index is 5.64. The van der Waals surface area contributed by atoms with Gasteiger partial charge >= 0.3 is 0 Å². The number of nitrogen functional groups attached to an aromatic ring is 2. The van der Waals surface area contributed by atoms with E-state index in [1.54, 1.807) is 6.07 Å². The maximum absolute atomic E-state index is 5.64. The second-order valence-electron chi connectivity index (χ2n) is 4.37. The minimum absolute atomic E-state index is 0.247. The van der Waals surface area contributed by atoms with Crippen LogP contribution in [0.5, 0.6) is 0 Å². The predicted octanol–water partition coefficient (Wildman–Crippen LogP) is 0.733. The van der Waals surface area contributed by atoms with Crippen molar-refractivity contribution < 1.29 is 0 Å². The average Bonchev–Trinajstić information content (AvgIpc) is 2.45. The van der Waals surface area contributed by atoms with Gasteiger partial charge in [0.1, 0.15) is 11.6 Å². The van der Waals surface area contributed by atoms with Gasteiger partial charge in [0.25, 0.3) is 0 Å². The Morgan fingerprint density at radius 1 is 1.20 bits per heavy atom. The summed E-state index contributed by atoms with van der Waals surface area (Å²) in [7, 11) is 0. The number of aromatic nitrogens is 2. The minimum atomic E-state index is 0.247. The molecule has 1 aromatic rings. The van der Waals surface area contributed by atoms with Crippen LogP contribution < -0.4 is 16.4 Å². The second kappa shape index (κ2) is 3.56. The molecule has 82 valence electrons. The van der Waals surface area contributed by atoms with Gasteiger partial charge < -0.3 is 16.4 Å². The first-order valence-corrected chi connectivity index (χ1v) is 5.21. The molecule has 0 aromatic carbocycles. The van der Waals surface area contributed by atoms with Gasteiger partial charge in [-0.15, -0.1) is 0 Å². The molecule has 0 bridgehead atoms. The van der Waals surface area contributed by atoms with Gasteiger partial charge in [-0.25, -0.2) is 0 Å². The average molecular weight is 207 g/mol. The van der Waals surface area contributed by atoms with E-state index in [4.69, 9.17) is 11.5 Å². The van der Waals surface area contributed by atoms with Crippen LogP contribution >= 0.6 is 0 Å². The summed E-state index contributed by atoms with van der Waals surface area (Å²) in [5.74, 6) is 2.89. The third kappa shape index (κ3) is 1.95. The van der Waals surface area contributed by atoms with Crippen molar-refractivity contribution in [1.29, 1.82) is 0 Å². The van der Waals surface area contributed by atoms with Crippen LogP contribution in [0.4, 0.5) is 17.6 Å². The van der Waals surface area contributed by atoms with E-state index in [-0.39, 0.29) is 5.95 Å². The summed E-state index contributed by atoms with van der Waals surface area (Å²) in [6.07, 6.45) is 0. The Balaban J connectivity index is 2.23. The molecule has 4 N–H and O–H groups in total.